The van der Waals surface area contributed by atoms with Crippen LogP contribution in [0.2, 0.25) is 0 Å². The Morgan fingerprint density at radius 2 is 1.45 bits per heavy atom. The van der Waals surface area contributed by atoms with Crippen LogP contribution in [-0.2, 0) is 9.59 Å². The van der Waals surface area contributed by atoms with Gasteiger partial charge in [0, 0.05) is 11.8 Å². The molecule has 0 amide bonds. The molecule has 2 nitrogen and oxygen atoms in total. The molecule has 0 aliphatic heterocycles. The Morgan fingerprint density at radius 3 is 1.91 bits per heavy atom. The first kappa shape index (κ1) is 5.70. The fourth-order valence-electron chi connectivity index (χ4n) is 2.61. The molecule has 0 radical (unpaired) electrons. The van der Waals surface area contributed by atoms with Crippen LogP contribution in [0.5, 0.6) is 0 Å². The van der Waals surface area contributed by atoms with Crippen molar-refractivity contribution in [3.8, 4) is 0 Å². The third-order valence-corrected chi connectivity index (χ3v) is 3.27. The molecular weight excluding hydrogens is 140 g/mol. The smallest absolute Gasteiger partial charge is 0.159 e. The molecule has 3 aliphatic rings. The van der Waals surface area contributed by atoms with E-state index in [9.17, 15) is 9.59 Å². The fraction of sp³-hybridized carbons (Fsp3) is 0.556. The van der Waals surface area contributed by atoms with Crippen molar-refractivity contribution in [1.82, 2.24) is 0 Å². The third-order valence-electron chi connectivity index (χ3n) is 3.27. The quantitative estimate of drug-likeness (QED) is 0.503. The second-order valence-electron chi connectivity index (χ2n) is 3.75. The lowest BCUT2D eigenvalue weighted by Crippen LogP contribution is -2.42. The summed E-state index contributed by atoms with van der Waals surface area (Å²) >= 11 is 0. The average molecular weight is 148 g/mol. The molecule has 2 heteroatoms. The van der Waals surface area contributed by atoms with Crippen LogP contribution in [-0.4, -0.2) is 11.6 Å². The van der Waals surface area contributed by atoms with Crippen LogP contribution in [0.25, 0.3) is 0 Å². The van der Waals surface area contributed by atoms with Gasteiger partial charge in [0.1, 0.15) is 0 Å². The SMILES string of the molecule is O=C1C=CC(=O)C2C3CC3C12. The summed E-state index contributed by atoms with van der Waals surface area (Å²) in [6.07, 6.45) is 4.03. The normalized spacial score (nSPS) is 51.3. The highest BCUT2D eigenvalue weighted by Gasteiger charge is 2.66. The number of carbonyl (C=O) groups excluding carboxylic acids is 2. The molecule has 0 aromatic heterocycles. The summed E-state index contributed by atoms with van der Waals surface area (Å²) in [6, 6.07) is 0. The van der Waals surface area contributed by atoms with Crippen LogP contribution in [0.1, 0.15) is 6.42 Å². The molecule has 0 aromatic carbocycles. The minimum absolute atomic E-state index is 0.0949. The summed E-state index contributed by atoms with van der Waals surface area (Å²) in [4.78, 5) is 22.4. The second kappa shape index (κ2) is 1.47. The van der Waals surface area contributed by atoms with Crippen molar-refractivity contribution in [2.75, 3.05) is 0 Å². The highest BCUT2D eigenvalue weighted by Crippen LogP contribution is 2.65. The number of ketones is 2. The van der Waals surface area contributed by atoms with Gasteiger partial charge >= 0.3 is 0 Å². The number of rotatable bonds is 0. The molecule has 3 aliphatic carbocycles. The van der Waals surface area contributed by atoms with E-state index in [0.717, 1.165) is 6.42 Å². The predicted octanol–water partition coefficient (Wildman–Crippen LogP) is 0.576. The Morgan fingerprint density at radius 1 is 1.00 bits per heavy atom. The molecule has 3 rings (SSSR count). The van der Waals surface area contributed by atoms with Gasteiger partial charge in [-0.2, -0.15) is 0 Å². The highest BCUT2D eigenvalue weighted by molar-refractivity contribution is 6.09. The summed E-state index contributed by atoms with van der Waals surface area (Å²) < 4.78 is 0. The minimum atomic E-state index is 0.0949. The topological polar surface area (TPSA) is 34.1 Å². The molecule has 0 N–H and O–H groups in total. The van der Waals surface area contributed by atoms with Gasteiger partial charge in [-0.1, -0.05) is 0 Å². The van der Waals surface area contributed by atoms with Gasteiger partial charge in [-0.3, -0.25) is 9.59 Å². The van der Waals surface area contributed by atoms with E-state index in [4.69, 9.17) is 0 Å². The summed E-state index contributed by atoms with van der Waals surface area (Å²) in [5.41, 5.74) is 0. The van der Waals surface area contributed by atoms with Gasteiger partial charge in [0.2, 0.25) is 0 Å². The maximum atomic E-state index is 11.2. The van der Waals surface area contributed by atoms with Crippen molar-refractivity contribution < 1.29 is 9.59 Å². The van der Waals surface area contributed by atoms with E-state index in [1.54, 1.807) is 0 Å². The van der Waals surface area contributed by atoms with Crippen LogP contribution < -0.4 is 0 Å². The molecule has 0 heterocycles. The van der Waals surface area contributed by atoms with Gasteiger partial charge in [-0.25, -0.2) is 0 Å². The van der Waals surface area contributed by atoms with Gasteiger partial charge in [0.05, 0.1) is 0 Å². The molecule has 0 saturated heterocycles. The zero-order valence-corrected chi connectivity index (χ0v) is 5.99. The van der Waals surface area contributed by atoms with Crippen LogP contribution >= 0.6 is 0 Å². The molecule has 0 spiro atoms. The fourth-order valence-corrected chi connectivity index (χ4v) is 2.61. The summed E-state index contributed by atoms with van der Waals surface area (Å²) in [5.74, 6) is 1.74. The molecular formula is C9H8O2. The van der Waals surface area contributed by atoms with E-state index < -0.39 is 0 Å². The van der Waals surface area contributed by atoms with Crippen LogP contribution in [0.4, 0.5) is 0 Å². The van der Waals surface area contributed by atoms with Crippen LogP contribution in [0, 0.1) is 23.7 Å². The number of hydrogen-bond acceptors (Lipinski definition) is 2. The van der Waals surface area contributed by atoms with Crippen molar-refractivity contribution in [3.05, 3.63) is 12.2 Å². The summed E-state index contributed by atoms with van der Waals surface area (Å²) in [6.45, 7) is 0. The first-order chi connectivity index (χ1) is 5.29. The molecule has 4 unspecified atom stereocenters. The number of hydrogen-bond donors (Lipinski definition) is 0. The van der Waals surface area contributed by atoms with E-state index in [1.807, 2.05) is 0 Å². The first-order valence-electron chi connectivity index (χ1n) is 4.05. The predicted molar refractivity (Wildman–Crippen MR) is 37.7 cm³/mol. The summed E-state index contributed by atoms with van der Waals surface area (Å²) in [5, 5.41) is 0. The largest absolute Gasteiger partial charge is 0.295 e. The number of carbonyl (C=O) groups is 2. The Labute approximate surface area is 64.3 Å². The highest BCUT2D eigenvalue weighted by atomic mass is 16.1. The maximum Gasteiger partial charge on any atom is 0.159 e. The maximum absolute atomic E-state index is 11.2. The minimum Gasteiger partial charge on any atom is -0.295 e. The zero-order chi connectivity index (χ0) is 7.59. The molecule has 11 heavy (non-hydrogen) atoms. The third kappa shape index (κ3) is 0.503. The Balaban J connectivity index is 2.04. The van der Waals surface area contributed by atoms with E-state index in [0.29, 0.717) is 11.8 Å². The standard InChI is InChI=1S/C9H8O2/c10-6-1-2-7(11)9-5-3-4(5)8(6)9/h1-2,4-5,8-9H,3H2. The lowest BCUT2D eigenvalue weighted by molar-refractivity contribution is -0.135. The van der Waals surface area contributed by atoms with Crippen molar-refractivity contribution >= 4 is 11.6 Å². The molecule has 0 aromatic rings. The molecule has 2 saturated carbocycles. The number of allylic oxidation sites excluding steroid dienone is 2. The second-order valence-corrected chi connectivity index (χ2v) is 3.75. The lowest BCUT2D eigenvalue weighted by atomic mass is 9.67. The number of fused-ring (bicyclic) bond motifs is 4. The van der Waals surface area contributed by atoms with E-state index in [-0.39, 0.29) is 23.4 Å². The van der Waals surface area contributed by atoms with E-state index in [1.165, 1.54) is 12.2 Å². The van der Waals surface area contributed by atoms with E-state index >= 15 is 0 Å². The molecule has 2 fully saturated rings. The van der Waals surface area contributed by atoms with Crippen molar-refractivity contribution in [2.24, 2.45) is 23.7 Å². The lowest BCUT2D eigenvalue weighted by Gasteiger charge is -2.34. The van der Waals surface area contributed by atoms with Gasteiger partial charge < -0.3 is 0 Å². The Bertz CT molecular complexity index is 262. The van der Waals surface area contributed by atoms with Gasteiger partial charge in [0.25, 0.3) is 0 Å². The monoisotopic (exact) mass is 148 g/mol. The van der Waals surface area contributed by atoms with Gasteiger partial charge in [-0.05, 0) is 30.4 Å². The van der Waals surface area contributed by atoms with Crippen molar-refractivity contribution in [2.45, 2.75) is 6.42 Å². The molecule has 0 bridgehead atoms. The molecule has 56 valence electrons. The Hall–Kier alpha value is -0.920. The van der Waals surface area contributed by atoms with Crippen LogP contribution in [0.15, 0.2) is 12.2 Å². The Kier molecular flexibility index (Phi) is 0.761. The van der Waals surface area contributed by atoms with Crippen molar-refractivity contribution in [1.29, 1.82) is 0 Å². The molecule has 4 atom stereocenters. The van der Waals surface area contributed by atoms with Crippen LogP contribution in [0.3, 0.4) is 0 Å². The van der Waals surface area contributed by atoms with Gasteiger partial charge in [0.15, 0.2) is 11.6 Å². The summed E-state index contributed by atoms with van der Waals surface area (Å²) in [7, 11) is 0. The van der Waals surface area contributed by atoms with Gasteiger partial charge in [-0.15, -0.1) is 0 Å². The zero-order valence-electron chi connectivity index (χ0n) is 5.99. The first-order valence-corrected chi connectivity index (χ1v) is 4.05. The van der Waals surface area contributed by atoms with Crippen molar-refractivity contribution in [3.63, 3.8) is 0 Å². The average Bonchev–Trinajstić information content (AvgIpc) is 2.59. The van der Waals surface area contributed by atoms with E-state index in [2.05, 4.69) is 0 Å².